The molecular formula is C58H72N8O15. The molecule has 0 aromatic heterocycles. The highest BCUT2D eigenvalue weighted by Gasteiger charge is 2.52. The third-order valence-electron chi connectivity index (χ3n) is 17.2. The Morgan fingerprint density at radius 3 is 2.57 bits per heavy atom. The van der Waals surface area contributed by atoms with Gasteiger partial charge in [0.15, 0.2) is 23.1 Å². The van der Waals surface area contributed by atoms with Gasteiger partial charge in [-0.05, 0) is 72.6 Å². The molecule has 81 heavy (non-hydrogen) atoms. The number of para-hydroxylation sites is 1. The number of amides is 1. The number of ether oxygens (including phenoxy) is 5. The van der Waals surface area contributed by atoms with E-state index in [0.29, 0.717) is 41.0 Å². The lowest BCUT2D eigenvalue weighted by molar-refractivity contribution is -0.292. The Labute approximate surface area is 467 Å². The summed E-state index contributed by atoms with van der Waals surface area (Å²) < 4.78 is 33.7. The summed E-state index contributed by atoms with van der Waals surface area (Å²) in [6.07, 6.45) is -0.257. The molecule has 1 saturated carbocycles. The largest absolute Gasteiger partial charge is 0.486 e. The second-order valence-corrected chi connectivity index (χ2v) is 22.3. The molecule has 2 bridgehead atoms. The molecule has 1 amide bonds. The summed E-state index contributed by atoms with van der Waals surface area (Å²) in [5.74, 6) is -3.25. The summed E-state index contributed by atoms with van der Waals surface area (Å²) in [7, 11) is 0. The van der Waals surface area contributed by atoms with Crippen molar-refractivity contribution in [3.05, 3.63) is 123 Å². The quantitative estimate of drug-likeness (QED) is 0.0455. The highest BCUT2D eigenvalue weighted by molar-refractivity contribution is 6.29. The molecule has 4 fully saturated rings. The van der Waals surface area contributed by atoms with Crippen molar-refractivity contribution in [1.29, 1.82) is 0 Å². The van der Waals surface area contributed by atoms with Gasteiger partial charge in [0.1, 0.15) is 61.6 Å². The molecule has 5 heterocycles. The molecule has 3 aromatic carbocycles. The first-order valence-corrected chi connectivity index (χ1v) is 28.0. The fraction of sp³-hybridized carbons (Fsp3) is 0.517. The molecule has 8 aliphatic rings. The molecule has 23 nitrogen and oxygen atoms in total. The second-order valence-electron chi connectivity index (χ2n) is 22.3. The number of rotatable bonds is 17. The predicted molar refractivity (Wildman–Crippen MR) is 290 cm³/mol. The van der Waals surface area contributed by atoms with Crippen LogP contribution < -0.4 is 52.4 Å². The average molecular weight is 1120 g/mol. The molecule has 11 rings (SSSR count). The number of nitrogens with one attached hydrogen (secondary N) is 5. The van der Waals surface area contributed by atoms with Crippen molar-refractivity contribution in [1.82, 2.24) is 26.6 Å². The molecule has 3 aliphatic carbocycles. The number of anilines is 1. The number of aliphatic hydroxyl groups excluding tert-OH is 6. The summed E-state index contributed by atoms with van der Waals surface area (Å²) in [5, 5.41) is 84.0. The number of nitrogens with zero attached hydrogens (tertiary/aromatic N) is 1. The van der Waals surface area contributed by atoms with E-state index in [0.717, 1.165) is 31.3 Å². The lowest BCUT2D eigenvalue weighted by Crippen LogP contribution is -2.70. The number of aldehydes is 1. The third kappa shape index (κ3) is 10.7. The SMILES string of the molecule is NC1=C2C(=CCN1)C(CO)(COC1C3Oc4c(cc5c(c4OCC(O)CC=O)C(=O)c4cc(CO)ccc4C5=O)C(c4ccccc4N4CNC5C(=O)NC(N)NC54)C(CCCO)COCC(O3)C(O)C1O)C=CC2NC1CCCC1. The molecule has 15 N–H and O–H groups in total. The highest BCUT2D eigenvalue weighted by Crippen LogP contribution is 2.52. The predicted octanol–water partition coefficient (Wildman–Crippen LogP) is -0.783. The monoisotopic (exact) mass is 1120 g/mol. The van der Waals surface area contributed by atoms with Gasteiger partial charge in [0, 0.05) is 65.0 Å². The summed E-state index contributed by atoms with van der Waals surface area (Å²) in [6, 6.07) is 12.6. The Morgan fingerprint density at radius 2 is 1.79 bits per heavy atom. The number of aliphatic hydroxyl groups is 6. The lowest BCUT2D eigenvalue weighted by Gasteiger charge is -2.45. The van der Waals surface area contributed by atoms with Crippen molar-refractivity contribution in [3.63, 3.8) is 0 Å². The van der Waals surface area contributed by atoms with E-state index in [1.807, 2.05) is 47.4 Å². The Balaban J connectivity index is 1.10. The van der Waals surface area contributed by atoms with Gasteiger partial charge < -0.3 is 85.7 Å². The van der Waals surface area contributed by atoms with E-state index in [4.69, 9.17) is 35.2 Å². The first-order chi connectivity index (χ1) is 39.3. The van der Waals surface area contributed by atoms with Gasteiger partial charge >= 0.3 is 0 Å². The maximum absolute atomic E-state index is 15.3. The van der Waals surface area contributed by atoms with Crippen LogP contribution in [-0.2, 0) is 30.4 Å². The van der Waals surface area contributed by atoms with E-state index in [9.17, 15) is 40.2 Å². The van der Waals surface area contributed by atoms with E-state index in [-0.39, 0.29) is 110 Å². The topological polar surface area (TPSA) is 351 Å². The van der Waals surface area contributed by atoms with Crippen LogP contribution in [0.15, 0.2) is 83.7 Å². The van der Waals surface area contributed by atoms with Crippen molar-refractivity contribution in [3.8, 4) is 11.5 Å². The summed E-state index contributed by atoms with van der Waals surface area (Å²) in [4.78, 5) is 57.6. The van der Waals surface area contributed by atoms with Crippen molar-refractivity contribution in [2.75, 3.05) is 57.8 Å². The first kappa shape index (κ1) is 56.7. The Kier molecular flexibility index (Phi) is 16.8. The minimum atomic E-state index is -1.75. The molecule has 13 atom stereocenters. The van der Waals surface area contributed by atoms with Crippen LogP contribution in [0.5, 0.6) is 11.5 Å². The molecular weight excluding hydrogens is 1050 g/mol. The molecule has 3 saturated heterocycles. The number of hydrogen-bond acceptors (Lipinski definition) is 22. The first-order valence-electron chi connectivity index (χ1n) is 28.0. The Morgan fingerprint density at radius 1 is 0.975 bits per heavy atom. The van der Waals surface area contributed by atoms with E-state index in [1.54, 1.807) is 12.1 Å². The van der Waals surface area contributed by atoms with E-state index in [1.165, 1.54) is 12.1 Å². The number of fused-ring (bicyclic) bond motifs is 7. The van der Waals surface area contributed by atoms with Crippen LogP contribution in [0.2, 0.25) is 0 Å². The van der Waals surface area contributed by atoms with Gasteiger partial charge in [0.05, 0.1) is 62.8 Å². The van der Waals surface area contributed by atoms with Gasteiger partial charge in [-0.15, -0.1) is 0 Å². The van der Waals surface area contributed by atoms with Gasteiger partial charge in [-0.3, -0.25) is 30.8 Å². The van der Waals surface area contributed by atoms with Gasteiger partial charge in [-0.25, -0.2) is 0 Å². The minimum Gasteiger partial charge on any atom is -0.486 e. The van der Waals surface area contributed by atoms with Gasteiger partial charge in [0.25, 0.3) is 0 Å². The smallest absolute Gasteiger partial charge is 0.242 e. The summed E-state index contributed by atoms with van der Waals surface area (Å²) in [6.45, 7) is -1.86. The van der Waals surface area contributed by atoms with E-state index >= 15 is 9.59 Å². The van der Waals surface area contributed by atoms with Crippen LogP contribution in [0.3, 0.4) is 0 Å². The summed E-state index contributed by atoms with van der Waals surface area (Å²) in [5.41, 5.74) is 14.6. The van der Waals surface area contributed by atoms with Gasteiger partial charge in [0.2, 0.25) is 12.2 Å². The second kappa shape index (κ2) is 24.0. The molecule has 0 radical (unpaired) electrons. The highest BCUT2D eigenvalue weighted by atomic mass is 16.7. The fourth-order valence-corrected chi connectivity index (χ4v) is 13.1. The lowest BCUT2D eigenvalue weighted by atomic mass is 9.70. The zero-order valence-corrected chi connectivity index (χ0v) is 44.7. The molecule has 13 unspecified atom stereocenters. The number of dihydropyridines is 1. The van der Waals surface area contributed by atoms with E-state index in [2.05, 4.69) is 26.6 Å². The van der Waals surface area contributed by atoms with Gasteiger partial charge in [-0.1, -0.05) is 55.3 Å². The van der Waals surface area contributed by atoms with Crippen LogP contribution >= 0.6 is 0 Å². The number of carbonyl (C=O) groups excluding carboxylic acids is 4. The number of carbonyl (C=O) groups is 4. The fourth-order valence-electron chi connectivity index (χ4n) is 13.1. The maximum Gasteiger partial charge on any atom is 0.242 e. The van der Waals surface area contributed by atoms with Crippen LogP contribution in [0.25, 0.3) is 0 Å². The minimum absolute atomic E-state index is 0.0429. The third-order valence-corrected chi connectivity index (χ3v) is 17.2. The Bertz CT molecular complexity index is 2990. The zero-order valence-electron chi connectivity index (χ0n) is 44.7. The molecule has 5 aliphatic heterocycles. The maximum atomic E-state index is 15.3. The van der Waals surface area contributed by atoms with Crippen molar-refractivity contribution in [2.24, 2.45) is 22.8 Å². The Hall–Kier alpha value is -6.16. The van der Waals surface area contributed by atoms with Crippen LogP contribution in [0.4, 0.5) is 5.69 Å². The molecule has 23 heteroatoms. The van der Waals surface area contributed by atoms with Crippen LogP contribution in [-0.4, -0.2) is 175 Å². The van der Waals surface area contributed by atoms with Crippen molar-refractivity contribution in [2.45, 2.75) is 125 Å². The zero-order chi connectivity index (χ0) is 56.7. The molecule has 434 valence electrons. The number of nitrogens with two attached hydrogens (primary N) is 2. The number of hydrogen-bond donors (Lipinski definition) is 13. The number of ketones is 2. The summed E-state index contributed by atoms with van der Waals surface area (Å²) >= 11 is 0. The van der Waals surface area contributed by atoms with E-state index < -0.39 is 104 Å². The van der Waals surface area contributed by atoms with Crippen LogP contribution in [0, 0.1) is 11.3 Å². The molecule has 3 aromatic rings. The normalized spacial score (nSPS) is 31.3. The van der Waals surface area contributed by atoms with Crippen LogP contribution in [0.1, 0.15) is 99.4 Å². The average Bonchev–Trinajstić information content (AvgIpc) is 4.25. The van der Waals surface area contributed by atoms with Crippen molar-refractivity contribution < 1.29 is 73.5 Å². The van der Waals surface area contributed by atoms with Crippen molar-refractivity contribution >= 4 is 29.4 Å². The molecule has 0 spiro atoms. The number of benzene rings is 3. The standard InChI is InChI=1S/C58H72N8O15/c59-53-44-38(14-17-61-53)58(26-70,16-13-39(44)63-31-7-1-2-8-31)27-79-52-49(75)48(74)41-25-77-23-30(6-5-18-67)42(34-9-3-4-10-40(34)66-28-62-45-54(66)64-57(60)65-55(45)76)37-21-36-43(47(73)35-20-29(22-69)11-12-33(35)46(36)72)51(50(37)81-56(52)80-41)78-24-32(71)15-19-68/h3-4,9-14,16,19-21,30-32,39,41-42,45,48-49,52,54,56-57,61-64,67,69-71,74-75H,1-2,5-8,15,17-18,22-28,59-60H2,(H,65,76). The van der Waals surface area contributed by atoms with Gasteiger partial charge in [-0.2, -0.15) is 0 Å².